The number of thioether (sulfide) groups is 1. The number of aryl methyl sites for hydroxylation is 1. The minimum Gasteiger partial charge on any atom is -0.282 e. The molecule has 4 rings (SSSR count). The number of amides is 1. The molecule has 0 aliphatic carbocycles. The Morgan fingerprint density at radius 1 is 1.13 bits per heavy atom. The van der Waals surface area contributed by atoms with E-state index < -0.39 is 0 Å². The number of anilines is 1. The Hall–Kier alpha value is -2.41. The van der Waals surface area contributed by atoms with Crippen molar-refractivity contribution in [2.75, 3.05) is 10.7 Å². The normalized spacial score (nSPS) is 11.1. The van der Waals surface area contributed by atoms with Crippen LogP contribution in [-0.4, -0.2) is 21.6 Å². The van der Waals surface area contributed by atoms with E-state index in [4.69, 9.17) is 16.6 Å². The number of nitrogens with zero attached hydrogens (tertiary/aromatic N) is 3. The molecule has 1 amide bonds. The van der Waals surface area contributed by atoms with Crippen molar-refractivity contribution in [2.24, 2.45) is 0 Å². The van der Waals surface area contributed by atoms with Crippen molar-refractivity contribution < 1.29 is 4.79 Å². The zero-order chi connectivity index (χ0) is 21.8. The molecule has 2 aromatic heterocycles. The highest BCUT2D eigenvalue weighted by molar-refractivity contribution is 7.99. The first-order valence-corrected chi connectivity index (χ1v) is 12.2. The summed E-state index contributed by atoms with van der Waals surface area (Å²) in [6.07, 6.45) is 2.04. The summed E-state index contributed by atoms with van der Waals surface area (Å²) in [6, 6.07) is 17.7. The van der Waals surface area contributed by atoms with Gasteiger partial charge in [-0.3, -0.25) is 14.7 Å². The van der Waals surface area contributed by atoms with Crippen LogP contribution in [0.2, 0.25) is 5.02 Å². The Kier molecular flexibility index (Phi) is 6.90. The Bertz CT molecular complexity index is 1150. The van der Waals surface area contributed by atoms with Gasteiger partial charge in [0.25, 0.3) is 0 Å². The molecule has 0 saturated heterocycles. The highest BCUT2D eigenvalue weighted by Gasteiger charge is 2.22. The molecule has 0 bridgehead atoms. The summed E-state index contributed by atoms with van der Waals surface area (Å²) in [5.41, 5.74) is 3.67. The maximum atomic E-state index is 13.4. The van der Waals surface area contributed by atoms with Crippen LogP contribution < -0.4 is 4.90 Å². The molecule has 4 aromatic rings. The largest absolute Gasteiger partial charge is 0.282 e. The predicted molar refractivity (Wildman–Crippen MR) is 131 cm³/mol. The number of thiazole rings is 1. The summed E-state index contributed by atoms with van der Waals surface area (Å²) in [6.45, 7) is 4.49. The summed E-state index contributed by atoms with van der Waals surface area (Å²) >= 11 is 9.64. The van der Waals surface area contributed by atoms with Crippen LogP contribution in [-0.2, 0) is 17.8 Å². The van der Waals surface area contributed by atoms with Crippen LogP contribution in [0, 0.1) is 6.92 Å². The Morgan fingerprint density at radius 2 is 1.94 bits per heavy atom. The summed E-state index contributed by atoms with van der Waals surface area (Å²) in [5.74, 6) is 1.00. The summed E-state index contributed by atoms with van der Waals surface area (Å²) in [7, 11) is 0. The van der Waals surface area contributed by atoms with E-state index in [0.717, 1.165) is 32.8 Å². The van der Waals surface area contributed by atoms with Gasteiger partial charge in [-0.15, -0.1) is 11.8 Å². The minimum atomic E-state index is -0.0191. The van der Waals surface area contributed by atoms with Crippen molar-refractivity contribution in [2.45, 2.75) is 31.7 Å². The van der Waals surface area contributed by atoms with Crippen LogP contribution in [0.1, 0.15) is 23.7 Å². The van der Waals surface area contributed by atoms with Crippen molar-refractivity contribution in [3.8, 4) is 0 Å². The molecule has 0 radical (unpaired) electrons. The highest BCUT2D eigenvalue weighted by Crippen LogP contribution is 2.36. The first kappa shape index (κ1) is 21.8. The lowest BCUT2D eigenvalue weighted by Gasteiger charge is -2.19. The summed E-state index contributed by atoms with van der Waals surface area (Å²) in [4.78, 5) is 25.5. The van der Waals surface area contributed by atoms with Crippen LogP contribution in [0.3, 0.4) is 0 Å². The van der Waals surface area contributed by atoms with Gasteiger partial charge < -0.3 is 0 Å². The van der Waals surface area contributed by atoms with Crippen LogP contribution in [0.15, 0.2) is 65.7 Å². The fraction of sp³-hybridized carbons (Fsp3) is 0.208. The van der Waals surface area contributed by atoms with Gasteiger partial charge in [-0.1, -0.05) is 54.1 Å². The molecule has 0 unspecified atom stereocenters. The van der Waals surface area contributed by atoms with Gasteiger partial charge in [-0.05, 0) is 54.1 Å². The predicted octanol–water partition coefficient (Wildman–Crippen LogP) is 6.54. The van der Waals surface area contributed by atoms with Gasteiger partial charge >= 0.3 is 0 Å². The number of hydrogen-bond acceptors (Lipinski definition) is 5. The van der Waals surface area contributed by atoms with Crippen molar-refractivity contribution in [1.29, 1.82) is 0 Å². The Morgan fingerprint density at radius 3 is 2.61 bits per heavy atom. The number of halogens is 1. The van der Waals surface area contributed by atoms with E-state index in [1.807, 2.05) is 49.4 Å². The number of hydrogen-bond donors (Lipinski definition) is 0. The highest BCUT2D eigenvalue weighted by atomic mass is 35.5. The van der Waals surface area contributed by atoms with Gasteiger partial charge in [0, 0.05) is 11.1 Å². The number of benzene rings is 2. The van der Waals surface area contributed by atoms with Crippen molar-refractivity contribution in [3.63, 3.8) is 0 Å². The molecular formula is C24H22ClN3OS2. The maximum absolute atomic E-state index is 13.4. The lowest BCUT2D eigenvalue weighted by atomic mass is 10.1. The fourth-order valence-corrected chi connectivity index (χ4v) is 5.26. The quantitative estimate of drug-likeness (QED) is 0.289. The Labute approximate surface area is 195 Å². The van der Waals surface area contributed by atoms with E-state index in [0.29, 0.717) is 23.1 Å². The number of carbonyl (C=O) groups excluding carboxylic acids is 1. The van der Waals surface area contributed by atoms with E-state index in [-0.39, 0.29) is 5.91 Å². The second-order valence-corrected chi connectivity index (χ2v) is 9.82. The van der Waals surface area contributed by atoms with E-state index in [2.05, 4.69) is 24.0 Å². The SMILES string of the molecule is CCSc1ccc(CC(=O)N(Cc2ccccn2)c2nc3c(C)ccc(Cl)c3s2)cc1. The zero-order valence-electron chi connectivity index (χ0n) is 17.3. The molecule has 0 spiro atoms. The second kappa shape index (κ2) is 9.81. The maximum Gasteiger partial charge on any atom is 0.233 e. The average molecular weight is 468 g/mol. The molecule has 7 heteroatoms. The minimum absolute atomic E-state index is 0.0191. The van der Waals surface area contributed by atoms with Gasteiger partial charge in [-0.25, -0.2) is 4.98 Å². The number of rotatable bonds is 7. The number of carbonyl (C=O) groups is 1. The smallest absolute Gasteiger partial charge is 0.233 e. The summed E-state index contributed by atoms with van der Waals surface area (Å²) in [5, 5.41) is 1.29. The van der Waals surface area contributed by atoms with Gasteiger partial charge in [0.05, 0.1) is 33.9 Å². The topological polar surface area (TPSA) is 46.1 Å². The molecule has 4 nitrogen and oxygen atoms in total. The van der Waals surface area contributed by atoms with Crippen LogP contribution >= 0.6 is 34.7 Å². The molecule has 0 saturated carbocycles. The molecule has 31 heavy (non-hydrogen) atoms. The number of fused-ring (bicyclic) bond motifs is 1. The fourth-order valence-electron chi connectivity index (χ4n) is 3.26. The van der Waals surface area contributed by atoms with Gasteiger partial charge in [0.1, 0.15) is 0 Å². The number of aromatic nitrogens is 2. The third-order valence-corrected chi connectivity index (χ3v) is 7.29. The van der Waals surface area contributed by atoms with Crippen molar-refractivity contribution in [1.82, 2.24) is 9.97 Å². The lowest BCUT2D eigenvalue weighted by molar-refractivity contribution is -0.118. The molecule has 2 aromatic carbocycles. The number of pyridine rings is 1. The van der Waals surface area contributed by atoms with Gasteiger partial charge in [-0.2, -0.15) is 0 Å². The molecular weight excluding hydrogens is 446 g/mol. The molecule has 0 aliphatic rings. The summed E-state index contributed by atoms with van der Waals surface area (Å²) < 4.78 is 0.899. The van der Waals surface area contributed by atoms with Crippen LogP contribution in [0.4, 0.5) is 5.13 Å². The molecule has 0 aliphatic heterocycles. The first-order valence-electron chi connectivity index (χ1n) is 10.0. The molecule has 2 heterocycles. The van der Waals surface area contributed by atoms with E-state index in [9.17, 15) is 4.79 Å². The molecule has 0 fully saturated rings. The van der Waals surface area contributed by atoms with E-state index in [1.165, 1.54) is 16.2 Å². The Balaban J connectivity index is 1.66. The van der Waals surface area contributed by atoms with Gasteiger partial charge in [0.15, 0.2) is 5.13 Å². The zero-order valence-corrected chi connectivity index (χ0v) is 19.7. The van der Waals surface area contributed by atoms with Crippen molar-refractivity contribution >= 4 is 56.0 Å². The van der Waals surface area contributed by atoms with Crippen LogP contribution in [0.5, 0.6) is 0 Å². The third-order valence-electron chi connectivity index (χ3n) is 4.85. The van der Waals surface area contributed by atoms with Crippen LogP contribution in [0.25, 0.3) is 10.2 Å². The first-order chi connectivity index (χ1) is 15.0. The second-order valence-electron chi connectivity index (χ2n) is 7.09. The molecule has 0 N–H and O–H groups in total. The van der Waals surface area contributed by atoms with Gasteiger partial charge in [0.2, 0.25) is 5.91 Å². The van der Waals surface area contributed by atoms with E-state index in [1.54, 1.807) is 22.9 Å². The lowest BCUT2D eigenvalue weighted by Crippen LogP contribution is -2.32. The van der Waals surface area contributed by atoms with E-state index >= 15 is 0 Å². The average Bonchev–Trinajstić information content (AvgIpc) is 3.23. The van der Waals surface area contributed by atoms with Crippen molar-refractivity contribution in [3.05, 3.63) is 82.6 Å². The molecule has 158 valence electrons. The monoisotopic (exact) mass is 467 g/mol. The molecule has 0 atom stereocenters. The standard InChI is InChI=1S/C24H22ClN3OS2/c1-3-30-19-10-8-17(9-11-19)14-21(29)28(15-18-6-4-5-13-26-18)24-27-22-16(2)7-12-20(25)23(22)31-24/h4-13H,3,14-15H2,1-2H3. The third kappa shape index (κ3) is 5.09.